The maximum Gasteiger partial charge on any atom is 0.338 e. The number of hydrogen-bond donors (Lipinski definition) is 0. The SMILES string of the molecule is COC(=O)C1OC1(C)C1CC2CCC1O2. The number of fused-ring (bicyclic) bond motifs is 2. The summed E-state index contributed by atoms with van der Waals surface area (Å²) in [4.78, 5) is 11.4. The van der Waals surface area contributed by atoms with Gasteiger partial charge in [-0.05, 0) is 26.2 Å². The first kappa shape index (κ1) is 9.60. The first-order valence-electron chi connectivity index (χ1n) is 5.56. The van der Waals surface area contributed by atoms with E-state index in [1.165, 1.54) is 13.5 Å². The molecule has 0 aromatic carbocycles. The van der Waals surface area contributed by atoms with E-state index in [0.29, 0.717) is 18.1 Å². The van der Waals surface area contributed by atoms with E-state index >= 15 is 0 Å². The fourth-order valence-electron chi connectivity index (χ4n) is 3.13. The zero-order valence-corrected chi connectivity index (χ0v) is 9.06. The van der Waals surface area contributed by atoms with E-state index in [2.05, 4.69) is 0 Å². The Hall–Kier alpha value is -0.610. The van der Waals surface area contributed by atoms with Gasteiger partial charge in [-0.1, -0.05) is 0 Å². The largest absolute Gasteiger partial charge is 0.467 e. The summed E-state index contributed by atoms with van der Waals surface area (Å²) in [6.45, 7) is 2.00. The van der Waals surface area contributed by atoms with Crippen molar-refractivity contribution in [2.45, 2.75) is 50.1 Å². The van der Waals surface area contributed by atoms with Gasteiger partial charge >= 0.3 is 5.97 Å². The van der Waals surface area contributed by atoms with Crippen molar-refractivity contribution in [3.8, 4) is 0 Å². The molecule has 3 fully saturated rings. The third-order valence-corrected chi connectivity index (χ3v) is 4.09. The van der Waals surface area contributed by atoms with Crippen molar-refractivity contribution in [1.29, 1.82) is 0 Å². The van der Waals surface area contributed by atoms with Crippen molar-refractivity contribution in [2.75, 3.05) is 7.11 Å². The summed E-state index contributed by atoms with van der Waals surface area (Å²) < 4.78 is 16.0. The van der Waals surface area contributed by atoms with E-state index in [1.807, 2.05) is 6.92 Å². The molecule has 0 amide bonds. The Kier molecular flexibility index (Phi) is 1.89. The lowest BCUT2D eigenvalue weighted by molar-refractivity contribution is -0.142. The quantitative estimate of drug-likeness (QED) is 0.503. The third-order valence-electron chi connectivity index (χ3n) is 4.09. The molecule has 84 valence electrons. The molecule has 4 heteroatoms. The first-order valence-corrected chi connectivity index (χ1v) is 5.56. The summed E-state index contributed by atoms with van der Waals surface area (Å²) in [6, 6.07) is 0. The summed E-state index contributed by atoms with van der Waals surface area (Å²) in [5.74, 6) is 0.126. The van der Waals surface area contributed by atoms with Crippen LogP contribution in [0.1, 0.15) is 26.2 Å². The fourth-order valence-corrected chi connectivity index (χ4v) is 3.13. The van der Waals surface area contributed by atoms with Crippen LogP contribution in [0.25, 0.3) is 0 Å². The molecule has 4 nitrogen and oxygen atoms in total. The van der Waals surface area contributed by atoms with E-state index in [4.69, 9.17) is 14.2 Å². The highest BCUT2D eigenvalue weighted by atomic mass is 16.7. The van der Waals surface area contributed by atoms with Gasteiger partial charge in [-0.2, -0.15) is 0 Å². The van der Waals surface area contributed by atoms with Gasteiger partial charge in [0.1, 0.15) is 5.60 Å². The Morgan fingerprint density at radius 1 is 1.47 bits per heavy atom. The summed E-state index contributed by atoms with van der Waals surface area (Å²) >= 11 is 0. The standard InChI is InChI=1S/C11H16O4/c1-11(9(15-11)10(12)13-2)7-5-6-3-4-8(7)14-6/h6-9H,3-5H2,1-2H3. The lowest BCUT2D eigenvalue weighted by atomic mass is 9.79. The van der Waals surface area contributed by atoms with E-state index in [0.717, 1.165) is 12.8 Å². The molecule has 3 aliphatic heterocycles. The molecule has 0 saturated carbocycles. The van der Waals surface area contributed by atoms with Gasteiger partial charge in [0.05, 0.1) is 19.3 Å². The summed E-state index contributed by atoms with van der Waals surface area (Å²) in [5.41, 5.74) is -0.326. The summed E-state index contributed by atoms with van der Waals surface area (Å²) in [6.07, 6.45) is 3.65. The predicted molar refractivity (Wildman–Crippen MR) is 51.3 cm³/mol. The second-order valence-corrected chi connectivity index (χ2v) is 4.92. The minimum atomic E-state index is -0.365. The van der Waals surface area contributed by atoms with Crippen molar-refractivity contribution in [3.05, 3.63) is 0 Å². The minimum absolute atomic E-state index is 0.250. The summed E-state index contributed by atoms with van der Waals surface area (Å²) in [5, 5.41) is 0. The molecule has 3 heterocycles. The lowest BCUT2D eigenvalue weighted by Crippen LogP contribution is -2.34. The first-order chi connectivity index (χ1) is 7.15. The highest BCUT2D eigenvalue weighted by Gasteiger charge is 2.66. The van der Waals surface area contributed by atoms with Crippen molar-refractivity contribution >= 4 is 5.97 Å². The monoisotopic (exact) mass is 212 g/mol. The molecule has 15 heavy (non-hydrogen) atoms. The topological polar surface area (TPSA) is 48.1 Å². The van der Waals surface area contributed by atoms with Crippen molar-refractivity contribution in [2.24, 2.45) is 5.92 Å². The molecule has 5 unspecified atom stereocenters. The molecule has 0 radical (unpaired) electrons. The number of esters is 1. The second-order valence-electron chi connectivity index (χ2n) is 4.92. The maximum atomic E-state index is 11.4. The normalized spacial score (nSPS) is 51.9. The van der Waals surface area contributed by atoms with Gasteiger partial charge in [0.15, 0.2) is 6.10 Å². The van der Waals surface area contributed by atoms with Crippen molar-refractivity contribution in [3.63, 3.8) is 0 Å². The molecule has 0 aliphatic carbocycles. The number of carbonyl (C=O) groups is 1. The van der Waals surface area contributed by atoms with Gasteiger partial charge in [0.2, 0.25) is 0 Å². The van der Waals surface area contributed by atoms with Gasteiger partial charge in [0.25, 0.3) is 0 Å². The van der Waals surface area contributed by atoms with Gasteiger partial charge < -0.3 is 14.2 Å². The number of carbonyl (C=O) groups excluding carboxylic acids is 1. The molecular formula is C11H16O4. The van der Waals surface area contributed by atoms with E-state index < -0.39 is 0 Å². The fraction of sp³-hybridized carbons (Fsp3) is 0.909. The summed E-state index contributed by atoms with van der Waals surface area (Å²) in [7, 11) is 1.40. The van der Waals surface area contributed by atoms with Crippen LogP contribution in [0.15, 0.2) is 0 Å². The average molecular weight is 212 g/mol. The van der Waals surface area contributed by atoms with Gasteiger partial charge in [-0.15, -0.1) is 0 Å². The zero-order valence-electron chi connectivity index (χ0n) is 9.06. The van der Waals surface area contributed by atoms with Gasteiger partial charge in [-0.25, -0.2) is 4.79 Å². The van der Waals surface area contributed by atoms with Crippen LogP contribution in [0.2, 0.25) is 0 Å². The molecule has 0 aromatic rings. The van der Waals surface area contributed by atoms with Crippen molar-refractivity contribution in [1.82, 2.24) is 0 Å². The molecule has 3 aliphatic rings. The molecular weight excluding hydrogens is 196 g/mol. The smallest absolute Gasteiger partial charge is 0.338 e. The lowest BCUT2D eigenvalue weighted by Gasteiger charge is -2.22. The zero-order chi connectivity index (χ0) is 10.6. The van der Waals surface area contributed by atoms with Crippen molar-refractivity contribution < 1.29 is 19.0 Å². The second kappa shape index (κ2) is 2.95. The van der Waals surface area contributed by atoms with Crippen LogP contribution in [0.5, 0.6) is 0 Å². The van der Waals surface area contributed by atoms with E-state index in [1.54, 1.807) is 0 Å². The molecule has 0 spiro atoms. The maximum absolute atomic E-state index is 11.4. The van der Waals surface area contributed by atoms with Gasteiger partial charge in [-0.3, -0.25) is 0 Å². The Bertz CT molecular complexity index is 303. The highest BCUT2D eigenvalue weighted by molar-refractivity contribution is 5.79. The predicted octanol–water partition coefficient (Wildman–Crippen LogP) is 0.884. The Balaban J connectivity index is 1.71. The minimum Gasteiger partial charge on any atom is -0.467 e. The van der Waals surface area contributed by atoms with Crippen LogP contribution in [0, 0.1) is 5.92 Å². The van der Waals surface area contributed by atoms with E-state index in [-0.39, 0.29) is 17.7 Å². The van der Waals surface area contributed by atoms with Gasteiger partial charge in [0, 0.05) is 5.92 Å². The number of rotatable bonds is 2. The molecule has 5 atom stereocenters. The van der Waals surface area contributed by atoms with Crippen LogP contribution in [0.4, 0.5) is 0 Å². The van der Waals surface area contributed by atoms with E-state index in [9.17, 15) is 4.79 Å². The van der Waals surface area contributed by atoms with Crippen LogP contribution in [-0.4, -0.2) is 37.0 Å². The number of epoxide rings is 1. The number of ether oxygens (including phenoxy) is 3. The van der Waals surface area contributed by atoms with Crippen LogP contribution in [-0.2, 0) is 19.0 Å². The number of hydrogen-bond acceptors (Lipinski definition) is 4. The van der Waals surface area contributed by atoms with Crippen LogP contribution in [0.3, 0.4) is 0 Å². The van der Waals surface area contributed by atoms with Crippen LogP contribution >= 0.6 is 0 Å². The third kappa shape index (κ3) is 1.24. The molecule has 3 saturated heterocycles. The Labute approximate surface area is 88.9 Å². The average Bonchev–Trinajstić information content (AvgIpc) is 2.68. The van der Waals surface area contributed by atoms with Crippen LogP contribution < -0.4 is 0 Å². The molecule has 0 aromatic heterocycles. The highest BCUT2D eigenvalue weighted by Crippen LogP contribution is 2.53. The Morgan fingerprint density at radius 2 is 2.27 bits per heavy atom. The Morgan fingerprint density at radius 3 is 2.80 bits per heavy atom. The number of methoxy groups -OCH3 is 1. The molecule has 3 rings (SSSR count). The molecule has 2 bridgehead atoms. The molecule has 0 N–H and O–H groups in total.